The fourth-order valence-corrected chi connectivity index (χ4v) is 5.05. The van der Waals surface area contributed by atoms with Crippen LogP contribution in [-0.4, -0.2) is 51.7 Å². The van der Waals surface area contributed by atoms with Crippen LogP contribution >= 0.6 is 0 Å². The van der Waals surface area contributed by atoms with E-state index in [-0.39, 0.29) is 49.6 Å². The highest BCUT2D eigenvalue weighted by Crippen LogP contribution is 2.42. The van der Waals surface area contributed by atoms with Crippen LogP contribution in [0.5, 0.6) is 0 Å². The fourth-order valence-electron chi connectivity index (χ4n) is 5.05. The Morgan fingerprint density at radius 2 is 2.03 bits per heavy atom. The molecule has 210 valence electrons. The summed E-state index contributed by atoms with van der Waals surface area (Å²) in [4.78, 5) is 30.7. The number of rotatable bonds is 7. The smallest absolute Gasteiger partial charge is 0.410 e. The van der Waals surface area contributed by atoms with Gasteiger partial charge in [0.05, 0.1) is 12.2 Å². The van der Waals surface area contributed by atoms with E-state index < -0.39 is 42.7 Å². The van der Waals surface area contributed by atoms with E-state index in [9.17, 15) is 31.5 Å². The maximum absolute atomic E-state index is 13.9. The van der Waals surface area contributed by atoms with Crippen molar-refractivity contribution >= 4 is 23.0 Å². The topological polar surface area (TPSA) is 114 Å². The summed E-state index contributed by atoms with van der Waals surface area (Å²) in [7, 11) is 0. The molecule has 14 heteroatoms. The average Bonchev–Trinajstić information content (AvgIpc) is 3.60. The maximum Gasteiger partial charge on any atom is 0.410 e. The molecular formula is C25H26F5N5O4. The van der Waals surface area contributed by atoms with Gasteiger partial charge in [0.15, 0.2) is 5.58 Å². The van der Waals surface area contributed by atoms with Crippen LogP contribution in [0.1, 0.15) is 66.2 Å². The number of aryl methyl sites for hydroxylation is 1. The van der Waals surface area contributed by atoms with Crippen LogP contribution in [0.2, 0.25) is 0 Å². The number of amides is 3. The first-order valence-corrected chi connectivity index (χ1v) is 12.6. The van der Waals surface area contributed by atoms with E-state index in [1.807, 2.05) is 12.2 Å². The summed E-state index contributed by atoms with van der Waals surface area (Å²) in [5.41, 5.74) is 1.89. The highest BCUT2D eigenvalue weighted by atomic mass is 19.4. The van der Waals surface area contributed by atoms with Gasteiger partial charge in [0.25, 0.3) is 5.91 Å². The van der Waals surface area contributed by atoms with Gasteiger partial charge in [-0.05, 0) is 42.9 Å². The summed E-state index contributed by atoms with van der Waals surface area (Å²) < 4.78 is 77.6. The van der Waals surface area contributed by atoms with Crippen molar-refractivity contribution < 1.29 is 40.5 Å². The molecule has 1 aliphatic carbocycles. The number of nitrogens with one attached hydrogen (secondary N) is 2. The molecule has 0 radical (unpaired) electrons. The van der Waals surface area contributed by atoms with E-state index in [0.29, 0.717) is 28.8 Å². The molecule has 0 bridgehead atoms. The molecular weight excluding hydrogens is 529 g/mol. The van der Waals surface area contributed by atoms with E-state index in [1.54, 1.807) is 18.2 Å². The van der Waals surface area contributed by atoms with Gasteiger partial charge in [0.1, 0.15) is 29.4 Å². The Morgan fingerprint density at radius 1 is 1.28 bits per heavy atom. The maximum atomic E-state index is 13.9. The van der Waals surface area contributed by atoms with Crippen LogP contribution in [0.15, 0.2) is 33.4 Å². The van der Waals surface area contributed by atoms with Gasteiger partial charge in [0.2, 0.25) is 11.8 Å². The number of fused-ring (bicyclic) bond motifs is 1. The lowest BCUT2D eigenvalue weighted by Gasteiger charge is -2.32. The Hall–Kier alpha value is -3.71. The first kappa shape index (κ1) is 26.9. The number of benzene rings is 1. The number of aromatic nitrogens is 2. The third-order valence-electron chi connectivity index (χ3n) is 7.23. The van der Waals surface area contributed by atoms with Crippen molar-refractivity contribution in [2.24, 2.45) is 5.92 Å². The van der Waals surface area contributed by atoms with Gasteiger partial charge >= 0.3 is 12.2 Å². The number of alkyl halides is 5. The van der Waals surface area contributed by atoms with Gasteiger partial charge in [-0.3, -0.25) is 4.79 Å². The van der Waals surface area contributed by atoms with Crippen molar-refractivity contribution in [3.8, 4) is 0 Å². The first-order chi connectivity index (χ1) is 18.4. The summed E-state index contributed by atoms with van der Waals surface area (Å²) in [6, 6.07) is 1.17. The number of urea groups is 1. The lowest BCUT2D eigenvalue weighted by Crippen LogP contribution is -2.40. The molecule has 1 aromatic carbocycles. The molecule has 2 aromatic heterocycles. The number of carbonyl (C=O) groups is 2. The van der Waals surface area contributed by atoms with E-state index in [0.717, 1.165) is 4.90 Å². The molecule has 39 heavy (non-hydrogen) atoms. The summed E-state index contributed by atoms with van der Waals surface area (Å²) >= 11 is 0. The lowest BCUT2D eigenvalue weighted by atomic mass is 9.82. The van der Waals surface area contributed by atoms with Gasteiger partial charge in [-0.15, -0.1) is 0 Å². The Morgan fingerprint density at radius 3 is 2.69 bits per heavy atom. The second-order valence-corrected chi connectivity index (χ2v) is 9.95. The molecule has 1 saturated heterocycles. The van der Waals surface area contributed by atoms with Gasteiger partial charge in [-0.1, -0.05) is 18.1 Å². The molecule has 1 saturated carbocycles. The number of nitrogens with zero attached hydrogens (tertiary/aromatic N) is 3. The van der Waals surface area contributed by atoms with E-state index in [2.05, 4.69) is 15.5 Å². The van der Waals surface area contributed by atoms with Crippen molar-refractivity contribution in [3.63, 3.8) is 0 Å². The molecule has 3 heterocycles. The third-order valence-corrected chi connectivity index (χ3v) is 7.23. The largest absolute Gasteiger partial charge is 0.438 e. The summed E-state index contributed by atoms with van der Waals surface area (Å²) in [5, 5.41) is 8.59. The molecule has 2 atom stereocenters. The molecule has 2 fully saturated rings. The average molecular weight is 556 g/mol. The molecule has 9 nitrogen and oxygen atoms in total. The predicted molar refractivity (Wildman–Crippen MR) is 126 cm³/mol. The molecule has 3 amide bonds. The van der Waals surface area contributed by atoms with Crippen molar-refractivity contribution in [1.82, 2.24) is 25.7 Å². The van der Waals surface area contributed by atoms with Crippen molar-refractivity contribution in [2.45, 2.75) is 69.8 Å². The van der Waals surface area contributed by atoms with Gasteiger partial charge in [0, 0.05) is 19.4 Å². The van der Waals surface area contributed by atoms with Crippen LogP contribution < -0.4 is 10.6 Å². The van der Waals surface area contributed by atoms with Crippen molar-refractivity contribution in [3.05, 3.63) is 47.2 Å². The standard InChI is InChI=1S/C25H26F5N5O4/c1-2-16-15(12-38-34-16)21(36)33-20(14-5-7-24(26,27)8-6-14)22-31-17-9-13(3-4-18(17)39-22)10-35-11-19(25(28,29)30)32-23(35)37/h3-4,9,12,14,19-20H,2,5-8,10-11H2,1H3,(H,32,37)(H,33,36). The number of carbonyl (C=O) groups excluding carboxylic acids is 2. The molecule has 2 unspecified atom stereocenters. The molecule has 0 spiro atoms. The van der Waals surface area contributed by atoms with Crippen LogP contribution in [0, 0.1) is 5.92 Å². The zero-order valence-corrected chi connectivity index (χ0v) is 20.9. The van der Waals surface area contributed by atoms with Crippen LogP contribution in [0.3, 0.4) is 0 Å². The zero-order valence-electron chi connectivity index (χ0n) is 20.9. The number of hydrogen-bond donors (Lipinski definition) is 2. The Kier molecular flexibility index (Phi) is 6.97. The van der Waals surface area contributed by atoms with Crippen LogP contribution in [-0.2, 0) is 13.0 Å². The Labute approximate surface area is 219 Å². The Balaban J connectivity index is 1.39. The number of hydrogen-bond acceptors (Lipinski definition) is 6. The minimum atomic E-state index is -4.55. The quantitative estimate of drug-likeness (QED) is 0.391. The van der Waals surface area contributed by atoms with Crippen LogP contribution in [0.4, 0.5) is 26.7 Å². The second-order valence-electron chi connectivity index (χ2n) is 9.95. The monoisotopic (exact) mass is 555 g/mol. The van der Waals surface area contributed by atoms with Gasteiger partial charge in [-0.2, -0.15) is 13.2 Å². The minimum Gasteiger partial charge on any atom is -0.438 e. The Bertz CT molecular complexity index is 1360. The second kappa shape index (κ2) is 10.1. The van der Waals surface area contributed by atoms with Gasteiger partial charge in [-0.25, -0.2) is 18.6 Å². The fraction of sp³-hybridized carbons (Fsp3) is 0.520. The lowest BCUT2D eigenvalue weighted by molar-refractivity contribution is -0.149. The van der Waals surface area contributed by atoms with E-state index in [1.165, 1.54) is 6.26 Å². The minimum absolute atomic E-state index is 0.0816. The third kappa shape index (κ3) is 5.69. The summed E-state index contributed by atoms with van der Waals surface area (Å²) in [6.07, 6.45) is -3.28. The molecule has 5 rings (SSSR count). The summed E-state index contributed by atoms with van der Waals surface area (Å²) in [6.45, 7) is 1.21. The normalized spacial score (nSPS) is 20.8. The highest BCUT2D eigenvalue weighted by molar-refractivity contribution is 5.95. The number of oxazole rings is 1. The highest BCUT2D eigenvalue weighted by Gasteiger charge is 2.47. The number of halogens is 5. The first-order valence-electron chi connectivity index (χ1n) is 12.6. The van der Waals surface area contributed by atoms with Gasteiger partial charge < -0.3 is 24.5 Å². The summed E-state index contributed by atoms with van der Waals surface area (Å²) in [5.74, 6) is -3.54. The van der Waals surface area contributed by atoms with E-state index in [4.69, 9.17) is 8.94 Å². The molecule has 1 aliphatic heterocycles. The SMILES string of the molecule is CCc1nocc1C(=O)NC(c1nc2cc(CN3CC(C(F)(F)F)NC3=O)ccc2o1)C1CCC(F)(F)CC1. The predicted octanol–water partition coefficient (Wildman–Crippen LogP) is 5.13. The molecule has 3 aromatic rings. The zero-order chi connectivity index (χ0) is 27.9. The van der Waals surface area contributed by atoms with E-state index >= 15 is 0 Å². The van der Waals surface area contributed by atoms with Crippen molar-refractivity contribution in [2.75, 3.05) is 6.54 Å². The van der Waals surface area contributed by atoms with Crippen molar-refractivity contribution in [1.29, 1.82) is 0 Å². The van der Waals surface area contributed by atoms with Crippen LogP contribution in [0.25, 0.3) is 11.1 Å². The molecule has 2 N–H and O–H groups in total. The molecule has 2 aliphatic rings.